The molecule has 0 saturated carbocycles. The summed E-state index contributed by atoms with van der Waals surface area (Å²) in [4.78, 5) is 16.9. The van der Waals surface area contributed by atoms with Crippen LogP contribution in [0.2, 0.25) is 5.02 Å². The Morgan fingerprint density at radius 1 is 1.00 bits per heavy atom. The molecule has 0 bridgehead atoms. The van der Waals surface area contributed by atoms with Crippen molar-refractivity contribution in [2.24, 2.45) is 0 Å². The number of anilines is 3. The third-order valence-electron chi connectivity index (χ3n) is 4.13. The second-order valence-corrected chi connectivity index (χ2v) is 6.47. The Labute approximate surface area is 168 Å². The van der Waals surface area contributed by atoms with Crippen LogP contribution < -0.4 is 20.1 Å². The van der Waals surface area contributed by atoms with Crippen LogP contribution in [0.3, 0.4) is 0 Å². The summed E-state index contributed by atoms with van der Waals surface area (Å²) < 4.78 is 10.5. The van der Waals surface area contributed by atoms with Crippen molar-refractivity contribution in [2.45, 2.75) is 6.92 Å². The predicted octanol–water partition coefficient (Wildman–Crippen LogP) is 5.06. The number of amides is 1. The second kappa shape index (κ2) is 8.63. The molecule has 1 heterocycles. The standard InChI is InChI=1S/C21H20ClN3O3/c1-13-4-5-14(22)10-17(13)24-15-8-9-23-19(11-15)21(26)25-18-12-16(27-2)6-7-20(18)28-3/h4-12H,1-3H3,(H,23,24)(H,25,26). The number of carbonyl (C=O) groups is 1. The fraction of sp³-hybridized carbons (Fsp3) is 0.143. The lowest BCUT2D eigenvalue weighted by molar-refractivity contribution is 0.102. The van der Waals surface area contributed by atoms with E-state index in [1.54, 1.807) is 43.6 Å². The molecule has 0 saturated heterocycles. The van der Waals surface area contributed by atoms with Gasteiger partial charge in [0.25, 0.3) is 5.91 Å². The Morgan fingerprint density at radius 2 is 1.82 bits per heavy atom. The first kappa shape index (κ1) is 19.5. The number of pyridine rings is 1. The zero-order chi connectivity index (χ0) is 20.1. The van der Waals surface area contributed by atoms with Gasteiger partial charge in [0.05, 0.1) is 19.9 Å². The third kappa shape index (κ3) is 4.53. The molecule has 3 rings (SSSR count). The van der Waals surface area contributed by atoms with E-state index in [9.17, 15) is 4.79 Å². The number of hydrogen-bond donors (Lipinski definition) is 2. The number of hydrogen-bond acceptors (Lipinski definition) is 5. The summed E-state index contributed by atoms with van der Waals surface area (Å²) in [5, 5.41) is 6.70. The van der Waals surface area contributed by atoms with E-state index in [1.165, 1.54) is 7.11 Å². The Hall–Kier alpha value is -3.25. The minimum Gasteiger partial charge on any atom is -0.497 e. The molecule has 2 N–H and O–H groups in total. The molecule has 0 spiro atoms. The SMILES string of the molecule is COc1ccc(OC)c(NC(=O)c2cc(Nc3cc(Cl)ccc3C)ccn2)c1. The van der Waals surface area contributed by atoms with Gasteiger partial charge in [0.1, 0.15) is 17.2 Å². The third-order valence-corrected chi connectivity index (χ3v) is 4.36. The summed E-state index contributed by atoms with van der Waals surface area (Å²) >= 11 is 6.07. The maximum atomic E-state index is 12.7. The fourth-order valence-electron chi connectivity index (χ4n) is 2.61. The summed E-state index contributed by atoms with van der Waals surface area (Å²) in [6.07, 6.45) is 1.57. The number of nitrogens with zero attached hydrogens (tertiary/aromatic N) is 1. The smallest absolute Gasteiger partial charge is 0.274 e. The number of aryl methyl sites for hydroxylation is 1. The van der Waals surface area contributed by atoms with Crippen molar-refractivity contribution in [3.63, 3.8) is 0 Å². The highest BCUT2D eigenvalue weighted by molar-refractivity contribution is 6.30. The molecule has 144 valence electrons. The molecule has 0 radical (unpaired) electrons. The van der Waals surface area contributed by atoms with Crippen LogP contribution in [0.4, 0.5) is 17.1 Å². The van der Waals surface area contributed by atoms with Crippen molar-refractivity contribution in [2.75, 3.05) is 24.9 Å². The van der Waals surface area contributed by atoms with Gasteiger partial charge in [-0.2, -0.15) is 0 Å². The van der Waals surface area contributed by atoms with Crippen LogP contribution in [0.1, 0.15) is 16.1 Å². The number of aromatic nitrogens is 1. The van der Waals surface area contributed by atoms with Crippen LogP contribution in [-0.2, 0) is 0 Å². The molecular formula is C21H20ClN3O3. The van der Waals surface area contributed by atoms with Crippen molar-refractivity contribution >= 4 is 34.6 Å². The van der Waals surface area contributed by atoms with Crippen LogP contribution in [0, 0.1) is 6.92 Å². The van der Waals surface area contributed by atoms with Gasteiger partial charge in [0.15, 0.2) is 0 Å². The monoisotopic (exact) mass is 397 g/mol. The molecule has 0 aliphatic heterocycles. The number of ether oxygens (including phenoxy) is 2. The van der Waals surface area contributed by atoms with Crippen LogP contribution in [-0.4, -0.2) is 25.1 Å². The fourth-order valence-corrected chi connectivity index (χ4v) is 2.79. The summed E-state index contributed by atoms with van der Waals surface area (Å²) in [5.74, 6) is 0.770. The Morgan fingerprint density at radius 3 is 2.57 bits per heavy atom. The van der Waals surface area contributed by atoms with Gasteiger partial charge in [0.2, 0.25) is 0 Å². The van der Waals surface area contributed by atoms with E-state index >= 15 is 0 Å². The first-order valence-electron chi connectivity index (χ1n) is 8.53. The summed E-state index contributed by atoms with van der Waals surface area (Å²) in [7, 11) is 3.09. The van der Waals surface area contributed by atoms with Crippen molar-refractivity contribution < 1.29 is 14.3 Å². The molecule has 0 aliphatic rings. The number of rotatable bonds is 6. The summed E-state index contributed by atoms with van der Waals surface area (Å²) in [5.41, 5.74) is 3.38. The second-order valence-electron chi connectivity index (χ2n) is 6.03. The number of nitrogens with one attached hydrogen (secondary N) is 2. The minimum absolute atomic E-state index is 0.259. The highest BCUT2D eigenvalue weighted by atomic mass is 35.5. The van der Waals surface area contributed by atoms with Gasteiger partial charge in [-0.05, 0) is 48.9 Å². The van der Waals surface area contributed by atoms with E-state index in [1.807, 2.05) is 25.1 Å². The van der Waals surface area contributed by atoms with Crippen molar-refractivity contribution in [3.8, 4) is 11.5 Å². The maximum absolute atomic E-state index is 12.7. The zero-order valence-electron chi connectivity index (χ0n) is 15.7. The first-order chi connectivity index (χ1) is 13.5. The van der Waals surface area contributed by atoms with Crippen LogP contribution >= 0.6 is 11.6 Å². The number of methoxy groups -OCH3 is 2. The number of carbonyl (C=O) groups excluding carboxylic acids is 1. The van der Waals surface area contributed by atoms with Gasteiger partial charge >= 0.3 is 0 Å². The molecule has 28 heavy (non-hydrogen) atoms. The zero-order valence-corrected chi connectivity index (χ0v) is 16.5. The molecular weight excluding hydrogens is 378 g/mol. The van der Waals surface area contributed by atoms with Gasteiger partial charge < -0.3 is 20.1 Å². The molecule has 1 amide bonds. The van der Waals surface area contributed by atoms with Gasteiger partial charge in [-0.15, -0.1) is 0 Å². The lowest BCUT2D eigenvalue weighted by Crippen LogP contribution is -2.14. The Balaban J connectivity index is 1.82. The van der Waals surface area contributed by atoms with E-state index in [0.717, 1.165) is 16.9 Å². The predicted molar refractivity (Wildman–Crippen MR) is 111 cm³/mol. The molecule has 0 fully saturated rings. The quantitative estimate of drug-likeness (QED) is 0.608. The van der Waals surface area contributed by atoms with Gasteiger partial charge in [0, 0.05) is 28.7 Å². The molecule has 6 nitrogen and oxygen atoms in total. The van der Waals surface area contributed by atoms with Crippen LogP contribution in [0.15, 0.2) is 54.7 Å². The average Bonchev–Trinajstić information content (AvgIpc) is 2.71. The molecule has 2 aromatic carbocycles. The molecule has 7 heteroatoms. The van der Waals surface area contributed by atoms with Crippen LogP contribution in [0.25, 0.3) is 0 Å². The summed E-state index contributed by atoms with van der Waals surface area (Å²) in [6.45, 7) is 1.97. The maximum Gasteiger partial charge on any atom is 0.274 e. The highest BCUT2D eigenvalue weighted by Crippen LogP contribution is 2.29. The Bertz CT molecular complexity index is 1010. The lowest BCUT2D eigenvalue weighted by atomic mass is 10.2. The average molecular weight is 398 g/mol. The Kier molecular flexibility index (Phi) is 6.01. The number of halogens is 1. The highest BCUT2D eigenvalue weighted by Gasteiger charge is 2.13. The number of benzene rings is 2. The molecule has 0 unspecified atom stereocenters. The van der Waals surface area contributed by atoms with Gasteiger partial charge in [-0.25, -0.2) is 0 Å². The molecule has 0 atom stereocenters. The molecule has 3 aromatic rings. The van der Waals surface area contributed by atoms with E-state index in [4.69, 9.17) is 21.1 Å². The van der Waals surface area contributed by atoms with Crippen molar-refractivity contribution in [3.05, 3.63) is 71.0 Å². The van der Waals surface area contributed by atoms with E-state index in [2.05, 4.69) is 15.6 Å². The molecule has 1 aromatic heterocycles. The molecule has 0 aliphatic carbocycles. The van der Waals surface area contributed by atoms with E-state index in [-0.39, 0.29) is 11.6 Å². The van der Waals surface area contributed by atoms with E-state index in [0.29, 0.717) is 22.2 Å². The largest absolute Gasteiger partial charge is 0.497 e. The van der Waals surface area contributed by atoms with Crippen molar-refractivity contribution in [1.29, 1.82) is 0 Å². The van der Waals surface area contributed by atoms with E-state index < -0.39 is 0 Å². The van der Waals surface area contributed by atoms with Crippen LogP contribution in [0.5, 0.6) is 11.5 Å². The van der Waals surface area contributed by atoms with Gasteiger partial charge in [-0.1, -0.05) is 17.7 Å². The first-order valence-corrected chi connectivity index (χ1v) is 8.90. The van der Waals surface area contributed by atoms with Crippen molar-refractivity contribution in [1.82, 2.24) is 4.98 Å². The topological polar surface area (TPSA) is 72.5 Å². The minimum atomic E-state index is -0.363. The normalized spacial score (nSPS) is 10.3. The lowest BCUT2D eigenvalue weighted by Gasteiger charge is -2.13. The summed E-state index contributed by atoms with van der Waals surface area (Å²) in [6, 6.07) is 14.2. The van der Waals surface area contributed by atoms with Gasteiger partial charge in [-0.3, -0.25) is 9.78 Å².